The molecular formula is C19H15ClFN3O5S. The van der Waals surface area contributed by atoms with Gasteiger partial charge in [0.2, 0.25) is 0 Å². The molecule has 2 amide bonds. The first-order valence-corrected chi connectivity index (χ1v) is 9.77. The quantitative estimate of drug-likeness (QED) is 0.404. The van der Waals surface area contributed by atoms with Crippen molar-refractivity contribution >= 4 is 35.2 Å². The summed E-state index contributed by atoms with van der Waals surface area (Å²) in [7, 11) is 1.53. The number of methoxy groups -OCH3 is 1. The molecule has 1 aliphatic heterocycles. The van der Waals surface area contributed by atoms with Gasteiger partial charge in [-0.1, -0.05) is 23.7 Å². The lowest BCUT2D eigenvalue weighted by Gasteiger charge is -2.21. The number of ether oxygens (including phenoxy) is 1. The Hall–Kier alpha value is -3.11. The minimum Gasteiger partial charge on any atom is -0.497 e. The molecule has 8 nitrogen and oxygen atoms in total. The standard InChI is InChI=1S/C19H15ClFN3O5S/c1-29-13-5-2-11(3-6-13)9-22-19(26)23-10-16(24(27)28)30-18(23)17(25)14-8-12(21)4-7-15(14)20/h2-8,10,18H,9H2,1H3,(H,22,26). The Bertz CT molecular complexity index is 1030. The van der Waals surface area contributed by atoms with E-state index in [4.69, 9.17) is 16.3 Å². The fraction of sp³-hybridized carbons (Fsp3) is 0.158. The van der Waals surface area contributed by atoms with E-state index in [-0.39, 0.29) is 22.2 Å². The second-order valence-electron chi connectivity index (χ2n) is 6.10. The smallest absolute Gasteiger partial charge is 0.323 e. The van der Waals surface area contributed by atoms with Crippen LogP contribution in [0.15, 0.2) is 53.7 Å². The van der Waals surface area contributed by atoms with Crippen LogP contribution < -0.4 is 10.1 Å². The highest BCUT2D eigenvalue weighted by atomic mass is 35.5. The normalized spacial score (nSPS) is 15.5. The number of rotatable bonds is 6. The third-order valence-corrected chi connectivity index (χ3v) is 5.66. The largest absolute Gasteiger partial charge is 0.497 e. The molecule has 0 radical (unpaired) electrons. The number of ketones is 1. The molecule has 1 heterocycles. The minimum absolute atomic E-state index is 0.0184. The molecule has 3 rings (SSSR count). The molecule has 0 aromatic heterocycles. The van der Waals surface area contributed by atoms with Gasteiger partial charge < -0.3 is 10.1 Å². The van der Waals surface area contributed by atoms with E-state index in [0.29, 0.717) is 17.5 Å². The average Bonchev–Trinajstić information content (AvgIpc) is 3.19. The van der Waals surface area contributed by atoms with Crippen LogP contribution in [0.4, 0.5) is 9.18 Å². The molecule has 1 aliphatic rings. The van der Waals surface area contributed by atoms with Gasteiger partial charge in [0, 0.05) is 12.1 Å². The second-order valence-corrected chi connectivity index (χ2v) is 7.60. The summed E-state index contributed by atoms with van der Waals surface area (Å²) in [5.41, 5.74) is 0.589. The summed E-state index contributed by atoms with van der Waals surface area (Å²) in [6, 6.07) is 9.42. The second kappa shape index (κ2) is 9.14. The summed E-state index contributed by atoms with van der Waals surface area (Å²) in [5.74, 6) is -0.766. The number of hydrogen-bond acceptors (Lipinski definition) is 6. The maximum Gasteiger partial charge on any atom is 0.323 e. The van der Waals surface area contributed by atoms with Gasteiger partial charge in [-0.05, 0) is 47.7 Å². The molecule has 11 heteroatoms. The molecule has 1 atom stereocenters. The Morgan fingerprint density at radius 3 is 2.63 bits per heavy atom. The van der Waals surface area contributed by atoms with Gasteiger partial charge in [0.1, 0.15) is 11.6 Å². The summed E-state index contributed by atoms with van der Waals surface area (Å²) in [6.45, 7) is 0.118. The molecule has 156 valence electrons. The first-order chi connectivity index (χ1) is 14.3. The number of carbonyl (C=O) groups excluding carboxylic acids is 2. The lowest BCUT2D eigenvalue weighted by Crippen LogP contribution is -2.43. The van der Waals surface area contributed by atoms with Crippen LogP contribution in [0.25, 0.3) is 0 Å². The summed E-state index contributed by atoms with van der Waals surface area (Å²) < 4.78 is 18.6. The maximum absolute atomic E-state index is 13.6. The van der Waals surface area contributed by atoms with Crippen LogP contribution in [0, 0.1) is 15.9 Å². The molecule has 1 unspecified atom stereocenters. The van der Waals surface area contributed by atoms with Crippen molar-refractivity contribution in [3.8, 4) is 5.75 Å². The highest BCUT2D eigenvalue weighted by Gasteiger charge is 2.41. The Kier molecular flexibility index (Phi) is 6.58. The van der Waals surface area contributed by atoms with E-state index in [1.54, 1.807) is 24.3 Å². The number of nitrogens with zero attached hydrogens (tertiary/aromatic N) is 2. The highest BCUT2D eigenvalue weighted by Crippen LogP contribution is 2.36. The van der Waals surface area contributed by atoms with Crippen LogP contribution >= 0.6 is 23.4 Å². The minimum atomic E-state index is -1.29. The van der Waals surface area contributed by atoms with Crippen molar-refractivity contribution in [3.63, 3.8) is 0 Å². The Morgan fingerprint density at radius 1 is 1.30 bits per heavy atom. The number of halogens is 2. The van der Waals surface area contributed by atoms with E-state index in [0.717, 1.165) is 28.8 Å². The van der Waals surface area contributed by atoms with Crippen LogP contribution in [0.5, 0.6) is 5.75 Å². The first-order valence-electron chi connectivity index (χ1n) is 8.51. The molecule has 0 bridgehead atoms. The molecule has 2 aromatic rings. The van der Waals surface area contributed by atoms with Crippen molar-refractivity contribution in [1.82, 2.24) is 10.2 Å². The van der Waals surface area contributed by atoms with Crippen LogP contribution in [0.1, 0.15) is 15.9 Å². The van der Waals surface area contributed by atoms with Gasteiger partial charge in [0.05, 0.1) is 23.3 Å². The Morgan fingerprint density at radius 2 is 2.00 bits per heavy atom. The van der Waals surface area contributed by atoms with E-state index in [9.17, 15) is 24.1 Å². The van der Waals surface area contributed by atoms with Gasteiger partial charge in [0.25, 0.3) is 0 Å². The summed E-state index contributed by atoms with van der Waals surface area (Å²) >= 11 is 6.56. The molecule has 0 saturated carbocycles. The van der Waals surface area contributed by atoms with Crippen molar-refractivity contribution in [3.05, 3.63) is 85.8 Å². The van der Waals surface area contributed by atoms with Gasteiger partial charge >= 0.3 is 11.1 Å². The molecule has 0 spiro atoms. The molecule has 0 aliphatic carbocycles. The first kappa shape index (κ1) is 21.6. The van der Waals surface area contributed by atoms with Crippen LogP contribution in [0.2, 0.25) is 5.02 Å². The van der Waals surface area contributed by atoms with E-state index < -0.39 is 27.9 Å². The Balaban J connectivity index is 1.79. The number of urea groups is 1. The van der Waals surface area contributed by atoms with Gasteiger partial charge in [-0.3, -0.25) is 19.8 Å². The lowest BCUT2D eigenvalue weighted by molar-refractivity contribution is -0.410. The summed E-state index contributed by atoms with van der Waals surface area (Å²) in [4.78, 5) is 36.9. The van der Waals surface area contributed by atoms with Crippen molar-refractivity contribution in [1.29, 1.82) is 0 Å². The summed E-state index contributed by atoms with van der Waals surface area (Å²) in [6.07, 6.45) is 0.976. The molecule has 30 heavy (non-hydrogen) atoms. The maximum atomic E-state index is 13.6. The highest BCUT2D eigenvalue weighted by molar-refractivity contribution is 8.04. The van der Waals surface area contributed by atoms with Crippen LogP contribution in [0.3, 0.4) is 0 Å². The predicted octanol–water partition coefficient (Wildman–Crippen LogP) is 4.03. The van der Waals surface area contributed by atoms with Gasteiger partial charge in [0.15, 0.2) is 11.2 Å². The van der Waals surface area contributed by atoms with E-state index in [2.05, 4.69) is 5.32 Å². The molecule has 1 N–H and O–H groups in total. The number of nitrogens with one attached hydrogen (secondary N) is 1. The number of amides is 2. The Labute approximate surface area is 179 Å². The molecule has 0 fully saturated rings. The van der Waals surface area contributed by atoms with E-state index in [1.807, 2.05) is 0 Å². The van der Waals surface area contributed by atoms with E-state index >= 15 is 0 Å². The third-order valence-electron chi connectivity index (χ3n) is 4.17. The number of thioether (sulfide) groups is 1. The van der Waals surface area contributed by atoms with Gasteiger partial charge in [-0.2, -0.15) is 0 Å². The van der Waals surface area contributed by atoms with Crippen LogP contribution in [-0.4, -0.2) is 34.1 Å². The van der Waals surface area contributed by atoms with Crippen LogP contribution in [-0.2, 0) is 6.54 Å². The molecule has 0 saturated heterocycles. The molecular weight excluding hydrogens is 437 g/mol. The number of hydrogen-bond donors (Lipinski definition) is 1. The number of carbonyl (C=O) groups is 2. The number of Topliss-reactive ketones (excluding diaryl/α,β-unsaturated/α-hetero) is 1. The third kappa shape index (κ3) is 4.71. The van der Waals surface area contributed by atoms with Gasteiger partial charge in [-0.15, -0.1) is 0 Å². The van der Waals surface area contributed by atoms with Crippen molar-refractivity contribution in [2.45, 2.75) is 11.9 Å². The zero-order valence-corrected chi connectivity index (χ0v) is 17.1. The van der Waals surface area contributed by atoms with Crippen molar-refractivity contribution in [2.24, 2.45) is 0 Å². The average molecular weight is 452 g/mol. The predicted molar refractivity (Wildman–Crippen MR) is 109 cm³/mol. The topological polar surface area (TPSA) is 102 Å². The zero-order chi connectivity index (χ0) is 21.8. The zero-order valence-electron chi connectivity index (χ0n) is 15.5. The number of benzene rings is 2. The molecule has 2 aromatic carbocycles. The van der Waals surface area contributed by atoms with E-state index in [1.165, 1.54) is 13.2 Å². The monoisotopic (exact) mass is 451 g/mol. The number of nitro groups is 1. The fourth-order valence-corrected chi connectivity index (χ4v) is 3.86. The van der Waals surface area contributed by atoms with Crippen molar-refractivity contribution in [2.75, 3.05) is 7.11 Å². The SMILES string of the molecule is COc1ccc(CNC(=O)N2C=C([N+](=O)[O-])SC2C(=O)c2cc(F)ccc2Cl)cc1. The fourth-order valence-electron chi connectivity index (χ4n) is 2.66. The van der Waals surface area contributed by atoms with Gasteiger partial charge in [-0.25, -0.2) is 9.18 Å². The summed E-state index contributed by atoms with van der Waals surface area (Å²) in [5, 5.41) is 12.1. The van der Waals surface area contributed by atoms with Crippen molar-refractivity contribution < 1.29 is 23.6 Å². The lowest BCUT2D eigenvalue weighted by atomic mass is 10.1.